The van der Waals surface area contributed by atoms with Gasteiger partial charge in [-0.1, -0.05) is 0 Å². The van der Waals surface area contributed by atoms with Crippen molar-refractivity contribution in [1.82, 2.24) is 4.98 Å². The van der Waals surface area contributed by atoms with E-state index in [-0.39, 0.29) is 11.9 Å². The van der Waals surface area contributed by atoms with Gasteiger partial charge in [0, 0.05) is 19.3 Å². The molecule has 0 spiro atoms. The third-order valence-corrected chi connectivity index (χ3v) is 2.55. The molecule has 1 aromatic rings. The summed E-state index contributed by atoms with van der Waals surface area (Å²) < 4.78 is 0. The maximum Gasteiger partial charge on any atom is 0.139 e. The fraction of sp³-hybridized carbons (Fsp3) is 0.500. The van der Waals surface area contributed by atoms with Crippen molar-refractivity contribution < 1.29 is 5.11 Å². The molecule has 1 atom stereocenters. The molecule has 0 bridgehead atoms. The Kier molecular flexibility index (Phi) is 4.45. The van der Waals surface area contributed by atoms with Crippen LogP contribution in [0.1, 0.15) is 24.6 Å². The highest BCUT2D eigenvalue weighted by Crippen LogP contribution is 2.17. The van der Waals surface area contributed by atoms with Crippen LogP contribution in [0.25, 0.3) is 0 Å². The van der Waals surface area contributed by atoms with Gasteiger partial charge in [0.15, 0.2) is 0 Å². The third-order valence-electron chi connectivity index (χ3n) is 2.55. The number of amidine groups is 1. The number of nitrogens with zero attached hydrogens (tertiary/aromatic N) is 2. The van der Waals surface area contributed by atoms with E-state index in [2.05, 4.69) is 4.98 Å². The maximum absolute atomic E-state index is 9.27. The summed E-state index contributed by atoms with van der Waals surface area (Å²) in [5.74, 6) is 0.703. The van der Waals surface area contributed by atoms with Crippen molar-refractivity contribution in [3.05, 3.63) is 23.4 Å². The molecule has 1 aromatic heterocycles. The number of aryl methyl sites for hydroxylation is 1. The number of pyridine rings is 1. The molecule has 0 saturated carbocycles. The standard InChI is InChI=1S/C12H20N4O/c1-8-4-5-10(11(13)14)12(15-8)16(3)7-6-9(2)17/h4-5,9,17H,6-7H2,1-3H3,(H3,13,14). The summed E-state index contributed by atoms with van der Waals surface area (Å²) >= 11 is 0. The van der Waals surface area contributed by atoms with Gasteiger partial charge in [-0.3, -0.25) is 5.41 Å². The highest BCUT2D eigenvalue weighted by molar-refractivity contribution is 5.99. The van der Waals surface area contributed by atoms with Gasteiger partial charge in [-0.05, 0) is 32.4 Å². The molecular formula is C12H20N4O. The molecule has 0 aliphatic heterocycles. The first-order valence-electron chi connectivity index (χ1n) is 5.63. The van der Waals surface area contributed by atoms with Crippen molar-refractivity contribution in [2.75, 3.05) is 18.5 Å². The van der Waals surface area contributed by atoms with Gasteiger partial charge in [0.25, 0.3) is 0 Å². The van der Waals surface area contributed by atoms with E-state index >= 15 is 0 Å². The van der Waals surface area contributed by atoms with Crippen LogP contribution in [-0.2, 0) is 0 Å². The monoisotopic (exact) mass is 236 g/mol. The molecule has 0 aliphatic rings. The lowest BCUT2D eigenvalue weighted by Gasteiger charge is -2.21. The van der Waals surface area contributed by atoms with Crippen LogP contribution in [0, 0.1) is 12.3 Å². The number of nitrogens with one attached hydrogen (secondary N) is 1. The lowest BCUT2D eigenvalue weighted by atomic mass is 10.2. The SMILES string of the molecule is Cc1ccc(C(=N)N)c(N(C)CCC(C)O)n1. The zero-order valence-electron chi connectivity index (χ0n) is 10.6. The number of hydrogen-bond donors (Lipinski definition) is 3. The second-order valence-electron chi connectivity index (χ2n) is 4.30. The topological polar surface area (TPSA) is 86.2 Å². The van der Waals surface area contributed by atoms with Gasteiger partial charge in [0.1, 0.15) is 11.7 Å². The highest BCUT2D eigenvalue weighted by atomic mass is 16.3. The molecule has 0 fully saturated rings. The molecule has 0 aromatic carbocycles. The minimum absolute atomic E-state index is 0.0106. The Bertz CT molecular complexity index is 403. The quantitative estimate of drug-likeness (QED) is 0.523. The lowest BCUT2D eigenvalue weighted by molar-refractivity contribution is 0.187. The molecule has 4 N–H and O–H groups in total. The minimum Gasteiger partial charge on any atom is -0.393 e. The third kappa shape index (κ3) is 3.71. The van der Waals surface area contributed by atoms with Crippen LogP contribution in [0.2, 0.25) is 0 Å². The number of nitrogen functional groups attached to an aromatic ring is 1. The van der Waals surface area contributed by atoms with Gasteiger partial charge in [-0.25, -0.2) is 4.98 Å². The predicted octanol–water partition coefficient (Wildman–Crippen LogP) is 0.881. The first kappa shape index (κ1) is 13.4. The van der Waals surface area contributed by atoms with E-state index in [0.29, 0.717) is 24.3 Å². The number of aliphatic hydroxyl groups excluding tert-OH is 1. The first-order chi connectivity index (χ1) is 7.91. The van der Waals surface area contributed by atoms with Crippen LogP contribution >= 0.6 is 0 Å². The van der Waals surface area contributed by atoms with E-state index in [4.69, 9.17) is 11.1 Å². The molecule has 1 rings (SSSR count). The molecule has 5 nitrogen and oxygen atoms in total. The minimum atomic E-state index is -0.344. The Balaban J connectivity index is 2.94. The summed E-state index contributed by atoms with van der Waals surface area (Å²) in [4.78, 5) is 6.31. The zero-order chi connectivity index (χ0) is 13.0. The molecule has 1 unspecified atom stereocenters. The Morgan fingerprint density at radius 2 is 2.24 bits per heavy atom. The number of aromatic nitrogens is 1. The van der Waals surface area contributed by atoms with Crippen LogP contribution in [-0.4, -0.2) is 35.6 Å². The second kappa shape index (κ2) is 5.63. The zero-order valence-corrected chi connectivity index (χ0v) is 10.6. The Morgan fingerprint density at radius 1 is 1.59 bits per heavy atom. The van der Waals surface area contributed by atoms with Crippen LogP contribution < -0.4 is 10.6 Å². The second-order valence-corrected chi connectivity index (χ2v) is 4.30. The molecule has 0 saturated heterocycles. The molecule has 0 radical (unpaired) electrons. The van der Waals surface area contributed by atoms with Crippen LogP contribution in [0.5, 0.6) is 0 Å². The molecule has 5 heteroatoms. The van der Waals surface area contributed by atoms with Gasteiger partial charge < -0.3 is 15.7 Å². The van der Waals surface area contributed by atoms with Crippen molar-refractivity contribution in [1.29, 1.82) is 5.41 Å². The number of nitrogens with two attached hydrogens (primary N) is 1. The molecule has 17 heavy (non-hydrogen) atoms. The smallest absolute Gasteiger partial charge is 0.139 e. The van der Waals surface area contributed by atoms with Crippen molar-refractivity contribution in [3.8, 4) is 0 Å². The first-order valence-corrected chi connectivity index (χ1v) is 5.63. The molecular weight excluding hydrogens is 216 g/mol. The fourth-order valence-corrected chi connectivity index (χ4v) is 1.53. The normalized spacial score (nSPS) is 12.2. The van der Waals surface area contributed by atoms with Crippen molar-refractivity contribution >= 4 is 11.7 Å². The van der Waals surface area contributed by atoms with E-state index in [1.54, 1.807) is 13.0 Å². The largest absolute Gasteiger partial charge is 0.393 e. The molecule has 0 amide bonds. The van der Waals surface area contributed by atoms with Crippen molar-refractivity contribution in [3.63, 3.8) is 0 Å². The highest BCUT2D eigenvalue weighted by Gasteiger charge is 2.12. The summed E-state index contributed by atoms with van der Waals surface area (Å²) in [5.41, 5.74) is 7.04. The summed E-state index contributed by atoms with van der Waals surface area (Å²) in [6, 6.07) is 3.64. The van der Waals surface area contributed by atoms with E-state index in [9.17, 15) is 5.11 Å². The predicted molar refractivity (Wildman–Crippen MR) is 69.6 cm³/mol. The Hall–Kier alpha value is -1.62. The van der Waals surface area contributed by atoms with Gasteiger partial charge in [0.05, 0.1) is 11.7 Å². The average Bonchev–Trinajstić information content (AvgIpc) is 2.25. The maximum atomic E-state index is 9.27. The molecule has 0 aliphatic carbocycles. The summed E-state index contributed by atoms with van der Waals surface area (Å²) in [6.45, 7) is 4.33. The van der Waals surface area contributed by atoms with E-state index in [1.807, 2.05) is 24.9 Å². The summed E-state index contributed by atoms with van der Waals surface area (Å²) in [5, 5.41) is 16.8. The van der Waals surface area contributed by atoms with Gasteiger partial charge in [-0.2, -0.15) is 0 Å². The van der Waals surface area contributed by atoms with Gasteiger partial charge >= 0.3 is 0 Å². The van der Waals surface area contributed by atoms with Gasteiger partial charge in [-0.15, -0.1) is 0 Å². The number of rotatable bonds is 5. The number of anilines is 1. The molecule has 94 valence electrons. The Labute approximate surface area is 102 Å². The van der Waals surface area contributed by atoms with Crippen LogP contribution in [0.4, 0.5) is 5.82 Å². The molecule has 1 heterocycles. The fourth-order valence-electron chi connectivity index (χ4n) is 1.53. The van der Waals surface area contributed by atoms with Crippen molar-refractivity contribution in [2.45, 2.75) is 26.4 Å². The van der Waals surface area contributed by atoms with Gasteiger partial charge in [0.2, 0.25) is 0 Å². The summed E-state index contributed by atoms with van der Waals surface area (Å²) in [7, 11) is 1.89. The number of hydrogen-bond acceptors (Lipinski definition) is 4. The van der Waals surface area contributed by atoms with Crippen LogP contribution in [0.15, 0.2) is 12.1 Å². The van der Waals surface area contributed by atoms with Crippen molar-refractivity contribution in [2.24, 2.45) is 5.73 Å². The van der Waals surface area contributed by atoms with E-state index in [1.165, 1.54) is 0 Å². The van der Waals surface area contributed by atoms with Crippen LogP contribution in [0.3, 0.4) is 0 Å². The number of aliphatic hydroxyl groups is 1. The average molecular weight is 236 g/mol. The Morgan fingerprint density at radius 3 is 2.76 bits per heavy atom. The lowest BCUT2D eigenvalue weighted by Crippen LogP contribution is -2.26. The van der Waals surface area contributed by atoms with E-state index in [0.717, 1.165) is 5.69 Å². The summed E-state index contributed by atoms with van der Waals surface area (Å²) in [6.07, 6.45) is 0.312. The van der Waals surface area contributed by atoms with E-state index < -0.39 is 0 Å².